The maximum absolute atomic E-state index is 11.9. The predicted octanol–water partition coefficient (Wildman–Crippen LogP) is 0.912. The zero-order valence-electron chi connectivity index (χ0n) is 11.1. The van der Waals surface area contributed by atoms with Crippen molar-refractivity contribution in [3.63, 3.8) is 0 Å². The van der Waals surface area contributed by atoms with Crippen molar-refractivity contribution in [3.05, 3.63) is 18.0 Å². The molecule has 5 nitrogen and oxygen atoms in total. The zero-order chi connectivity index (χ0) is 12.8. The van der Waals surface area contributed by atoms with E-state index in [0.29, 0.717) is 6.42 Å². The first-order chi connectivity index (χ1) is 8.77. The summed E-state index contributed by atoms with van der Waals surface area (Å²) in [5.41, 5.74) is 1.14. The average Bonchev–Trinajstić information content (AvgIpc) is 2.81. The van der Waals surface area contributed by atoms with Crippen molar-refractivity contribution in [2.45, 2.75) is 32.2 Å². The molecule has 2 heterocycles. The highest BCUT2D eigenvalue weighted by atomic mass is 16.2. The van der Waals surface area contributed by atoms with Crippen molar-refractivity contribution < 1.29 is 4.79 Å². The summed E-state index contributed by atoms with van der Waals surface area (Å²) in [6.45, 7) is 3.39. The molecule has 2 rings (SSSR count). The van der Waals surface area contributed by atoms with E-state index in [4.69, 9.17) is 0 Å². The maximum Gasteiger partial charge on any atom is 0.223 e. The molecule has 1 N–H and O–H groups in total. The van der Waals surface area contributed by atoms with Crippen LogP contribution in [0.5, 0.6) is 0 Å². The smallest absolute Gasteiger partial charge is 0.223 e. The number of nitrogens with one attached hydrogen (secondary N) is 1. The first kappa shape index (κ1) is 13.1. The molecular formula is C13H22N4O. The predicted molar refractivity (Wildman–Crippen MR) is 70.0 cm³/mol. The van der Waals surface area contributed by atoms with Gasteiger partial charge in [-0.2, -0.15) is 5.10 Å². The Balaban J connectivity index is 1.63. The van der Waals surface area contributed by atoms with Gasteiger partial charge in [-0.1, -0.05) is 0 Å². The minimum atomic E-state index is 0.284. The Morgan fingerprint density at radius 3 is 2.83 bits per heavy atom. The van der Waals surface area contributed by atoms with E-state index in [9.17, 15) is 4.79 Å². The second-order valence-electron chi connectivity index (χ2n) is 4.81. The first-order valence-electron chi connectivity index (χ1n) is 6.73. The van der Waals surface area contributed by atoms with Crippen LogP contribution in [0.4, 0.5) is 0 Å². The molecule has 0 radical (unpaired) electrons. The Kier molecular flexibility index (Phi) is 4.75. The number of hydrogen-bond acceptors (Lipinski definition) is 3. The Labute approximate surface area is 108 Å². The third-order valence-corrected chi connectivity index (χ3v) is 3.45. The van der Waals surface area contributed by atoms with Gasteiger partial charge < -0.3 is 10.2 Å². The summed E-state index contributed by atoms with van der Waals surface area (Å²) in [4.78, 5) is 13.9. The van der Waals surface area contributed by atoms with Crippen LogP contribution in [0.15, 0.2) is 12.3 Å². The molecule has 5 heteroatoms. The summed E-state index contributed by atoms with van der Waals surface area (Å²) in [5.74, 6) is 0.284. The Hall–Kier alpha value is -1.36. The number of likely N-dealkylation sites (tertiary alicyclic amines) is 1. The van der Waals surface area contributed by atoms with Gasteiger partial charge in [0.1, 0.15) is 0 Å². The molecule has 0 saturated carbocycles. The Bertz CT molecular complexity index is 382. The van der Waals surface area contributed by atoms with Crippen LogP contribution in [0.2, 0.25) is 0 Å². The Morgan fingerprint density at radius 2 is 2.17 bits per heavy atom. The van der Waals surface area contributed by atoms with Crippen molar-refractivity contribution in [1.29, 1.82) is 0 Å². The van der Waals surface area contributed by atoms with Crippen LogP contribution in [-0.2, 0) is 18.4 Å². The monoisotopic (exact) mass is 250 g/mol. The molecule has 0 unspecified atom stereocenters. The van der Waals surface area contributed by atoms with Gasteiger partial charge in [0.15, 0.2) is 0 Å². The normalized spacial score (nSPS) is 15.9. The van der Waals surface area contributed by atoms with Gasteiger partial charge in [0.25, 0.3) is 0 Å². The van der Waals surface area contributed by atoms with Crippen LogP contribution in [0.25, 0.3) is 0 Å². The Morgan fingerprint density at radius 1 is 1.39 bits per heavy atom. The van der Waals surface area contributed by atoms with Gasteiger partial charge in [0.05, 0.1) is 5.69 Å². The molecule has 1 saturated heterocycles. The van der Waals surface area contributed by atoms with E-state index in [1.165, 1.54) is 6.42 Å². The van der Waals surface area contributed by atoms with Crippen LogP contribution < -0.4 is 5.32 Å². The van der Waals surface area contributed by atoms with Crippen LogP contribution in [0.3, 0.4) is 0 Å². The molecule has 1 aromatic rings. The molecule has 1 aliphatic heterocycles. The molecular weight excluding hydrogens is 228 g/mol. The number of amides is 1. The standard InChI is InChI=1S/C13H22N4O/c1-16-12(5-8-15-16)11-14-7-6-13(18)17-9-3-2-4-10-17/h5,8,14H,2-4,6-7,9-11H2,1H3. The lowest BCUT2D eigenvalue weighted by atomic mass is 10.1. The highest BCUT2D eigenvalue weighted by Crippen LogP contribution is 2.09. The zero-order valence-corrected chi connectivity index (χ0v) is 11.1. The van der Waals surface area contributed by atoms with Gasteiger partial charge >= 0.3 is 0 Å². The largest absolute Gasteiger partial charge is 0.343 e. The van der Waals surface area contributed by atoms with Crippen LogP contribution in [0.1, 0.15) is 31.4 Å². The molecule has 0 atom stereocenters. The fourth-order valence-corrected chi connectivity index (χ4v) is 2.29. The van der Waals surface area contributed by atoms with Crippen molar-refractivity contribution in [2.75, 3.05) is 19.6 Å². The first-order valence-corrected chi connectivity index (χ1v) is 6.73. The second kappa shape index (κ2) is 6.54. The summed E-state index contributed by atoms with van der Waals surface area (Å²) < 4.78 is 1.85. The molecule has 0 bridgehead atoms. The van der Waals surface area contributed by atoms with Gasteiger partial charge in [-0.3, -0.25) is 9.48 Å². The van der Waals surface area contributed by atoms with Crippen molar-refractivity contribution in [3.8, 4) is 0 Å². The molecule has 1 amide bonds. The number of piperidine rings is 1. The minimum absolute atomic E-state index is 0.284. The number of carbonyl (C=O) groups is 1. The van der Waals surface area contributed by atoms with Crippen molar-refractivity contribution in [1.82, 2.24) is 20.0 Å². The summed E-state index contributed by atoms with van der Waals surface area (Å²) >= 11 is 0. The highest BCUT2D eigenvalue weighted by molar-refractivity contribution is 5.76. The van der Waals surface area contributed by atoms with Gasteiger partial charge in [-0.15, -0.1) is 0 Å². The van der Waals surface area contributed by atoms with Crippen molar-refractivity contribution >= 4 is 5.91 Å². The van der Waals surface area contributed by atoms with E-state index in [0.717, 1.165) is 44.7 Å². The van der Waals surface area contributed by atoms with E-state index in [1.54, 1.807) is 6.20 Å². The number of carbonyl (C=O) groups excluding carboxylic acids is 1. The lowest BCUT2D eigenvalue weighted by Crippen LogP contribution is -2.37. The van der Waals surface area contributed by atoms with Gasteiger partial charge in [0.2, 0.25) is 5.91 Å². The molecule has 1 aliphatic rings. The maximum atomic E-state index is 11.9. The third-order valence-electron chi connectivity index (χ3n) is 3.45. The average molecular weight is 250 g/mol. The lowest BCUT2D eigenvalue weighted by molar-refractivity contribution is -0.131. The number of hydrogen-bond donors (Lipinski definition) is 1. The van der Waals surface area contributed by atoms with E-state index >= 15 is 0 Å². The van der Waals surface area contributed by atoms with E-state index in [1.807, 2.05) is 22.7 Å². The van der Waals surface area contributed by atoms with E-state index in [-0.39, 0.29) is 5.91 Å². The summed E-state index contributed by atoms with van der Waals surface area (Å²) in [5, 5.41) is 7.40. The summed E-state index contributed by atoms with van der Waals surface area (Å²) in [6.07, 6.45) is 5.97. The van der Waals surface area contributed by atoms with Crippen molar-refractivity contribution in [2.24, 2.45) is 7.05 Å². The number of nitrogens with zero attached hydrogens (tertiary/aromatic N) is 3. The van der Waals surface area contributed by atoms with Gasteiger partial charge in [-0.25, -0.2) is 0 Å². The molecule has 0 spiro atoms. The topological polar surface area (TPSA) is 50.2 Å². The molecule has 18 heavy (non-hydrogen) atoms. The fraction of sp³-hybridized carbons (Fsp3) is 0.692. The van der Waals surface area contributed by atoms with Crippen LogP contribution in [-0.4, -0.2) is 40.2 Å². The quantitative estimate of drug-likeness (QED) is 0.790. The minimum Gasteiger partial charge on any atom is -0.343 e. The number of aromatic nitrogens is 2. The van der Waals surface area contributed by atoms with E-state index < -0.39 is 0 Å². The third kappa shape index (κ3) is 3.57. The van der Waals surface area contributed by atoms with Crippen LogP contribution in [0, 0.1) is 0 Å². The van der Waals surface area contributed by atoms with Gasteiger partial charge in [0, 0.05) is 45.8 Å². The van der Waals surface area contributed by atoms with Gasteiger partial charge in [-0.05, 0) is 25.3 Å². The lowest BCUT2D eigenvalue weighted by Gasteiger charge is -2.26. The fourth-order valence-electron chi connectivity index (χ4n) is 2.29. The summed E-state index contributed by atoms with van der Waals surface area (Å²) in [6, 6.07) is 1.99. The summed E-state index contributed by atoms with van der Waals surface area (Å²) in [7, 11) is 1.93. The second-order valence-corrected chi connectivity index (χ2v) is 4.81. The molecule has 100 valence electrons. The molecule has 1 aromatic heterocycles. The number of aryl methyl sites for hydroxylation is 1. The number of rotatable bonds is 5. The SMILES string of the molecule is Cn1nccc1CNCCC(=O)N1CCCCC1. The van der Waals surface area contributed by atoms with E-state index in [2.05, 4.69) is 10.4 Å². The highest BCUT2D eigenvalue weighted by Gasteiger charge is 2.15. The molecule has 1 fully saturated rings. The van der Waals surface area contributed by atoms with Crippen LogP contribution >= 0.6 is 0 Å². The molecule has 0 aromatic carbocycles. The molecule has 0 aliphatic carbocycles.